The van der Waals surface area contributed by atoms with Crippen LogP contribution in [0.2, 0.25) is 0 Å². The summed E-state index contributed by atoms with van der Waals surface area (Å²) in [5.74, 6) is 0. The van der Waals surface area contributed by atoms with Crippen molar-refractivity contribution < 1.29 is 9.53 Å². The summed E-state index contributed by atoms with van der Waals surface area (Å²) in [5.41, 5.74) is 4.91. The van der Waals surface area contributed by atoms with Crippen LogP contribution in [0.4, 0.5) is 4.79 Å². The van der Waals surface area contributed by atoms with Gasteiger partial charge in [-0.15, -0.1) is 0 Å². The lowest BCUT2D eigenvalue weighted by molar-refractivity contribution is 0.0243. The fourth-order valence-electron chi connectivity index (χ4n) is 3.54. The van der Waals surface area contributed by atoms with Crippen LogP contribution in [-0.4, -0.2) is 35.7 Å². The Morgan fingerprint density at radius 1 is 1.20 bits per heavy atom. The van der Waals surface area contributed by atoms with E-state index >= 15 is 0 Å². The number of hydrogen-bond acceptors (Lipinski definition) is 3. The van der Waals surface area contributed by atoms with Gasteiger partial charge in [-0.1, -0.05) is 24.1 Å². The van der Waals surface area contributed by atoms with Crippen molar-refractivity contribution in [2.75, 3.05) is 13.1 Å². The molecule has 1 aromatic carbocycles. The lowest BCUT2D eigenvalue weighted by Crippen LogP contribution is -2.44. The third-order valence-corrected chi connectivity index (χ3v) is 4.73. The predicted octanol–water partition coefficient (Wildman–Crippen LogP) is 4.49. The van der Waals surface area contributed by atoms with Gasteiger partial charge in [0.15, 0.2) is 0 Å². The second-order valence-electron chi connectivity index (χ2n) is 8.38. The van der Waals surface area contributed by atoms with Crippen LogP contribution in [0.15, 0.2) is 12.1 Å². The van der Waals surface area contributed by atoms with E-state index in [1.54, 1.807) is 0 Å². The minimum absolute atomic E-state index is 0.191. The van der Waals surface area contributed by atoms with E-state index in [2.05, 4.69) is 38.2 Å². The molecular weight excluding hydrogens is 312 g/mol. The zero-order valence-electron chi connectivity index (χ0n) is 16.7. The summed E-state index contributed by atoms with van der Waals surface area (Å²) in [5, 5.41) is 3.68. The van der Waals surface area contributed by atoms with Gasteiger partial charge in [0.25, 0.3) is 0 Å². The summed E-state index contributed by atoms with van der Waals surface area (Å²) in [6.45, 7) is 14.6. The lowest BCUT2D eigenvalue weighted by Gasteiger charge is -2.29. The molecule has 0 radical (unpaired) electrons. The van der Waals surface area contributed by atoms with E-state index < -0.39 is 5.60 Å². The number of likely N-dealkylation sites (tertiary alicyclic amines) is 1. The molecule has 1 unspecified atom stereocenters. The van der Waals surface area contributed by atoms with Gasteiger partial charge in [-0.25, -0.2) is 4.79 Å². The zero-order chi connectivity index (χ0) is 18.6. The van der Waals surface area contributed by atoms with E-state index in [9.17, 15) is 4.79 Å². The molecule has 1 N–H and O–H groups in total. The average Bonchev–Trinajstić information content (AvgIpc) is 2.70. The third kappa shape index (κ3) is 6.03. The number of amides is 1. The summed E-state index contributed by atoms with van der Waals surface area (Å²) in [6, 6.07) is 4.80. The Morgan fingerprint density at radius 2 is 1.84 bits per heavy atom. The highest BCUT2D eigenvalue weighted by Gasteiger charge is 2.26. The summed E-state index contributed by atoms with van der Waals surface area (Å²) in [6.07, 6.45) is 3.09. The van der Waals surface area contributed by atoms with E-state index in [4.69, 9.17) is 4.74 Å². The molecule has 4 nitrogen and oxygen atoms in total. The second kappa shape index (κ2) is 8.22. The number of hydrogen-bond donors (Lipinski definition) is 1. The second-order valence-corrected chi connectivity index (χ2v) is 8.38. The van der Waals surface area contributed by atoms with Crippen LogP contribution in [-0.2, 0) is 11.3 Å². The molecule has 1 aliphatic rings. The number of carbonyl (C=O) groups excluding carboxylic acids is 1. The summed E-state index contributed by atoms with van der Waals surface area (Å²) < 4.78 is 5.55. The van der Waals surface area contributed by atoms with Crippen molar-refractivity contribution in [3.8, 4) is 0 Å². The minimum Gasteiger partial charge on any atom is -0.444 e. The molecule has 1 aliphatic heterocycles. The number of benzene rings is 1. The van der Waals surface area contributed by atoms with Crippen molar-refractivity contribution in [2.24, 2.45) is 0 Å². The molecule has 2 rings (SSSR count). The first kappa shape index (κ1) is 19.8. The van der Waals surface area contributed by atoms with Crippen LogP contribution >= 0.6 is 0 Å². The number of carbonyl (C=O) groups is 1. The van der Waals surface area contributed by atoms with Gasteiger partial charge in [0, 0.05) is 25.7 Å². The standard InChI is InChI=1S/C21H34N2O2/c1-15-11-16(2)19(17(3)12-15)13-22-18-9-7-8-10-23(14-18)20(24)25-21(4,5)6/h11-12,18,22H,7-10,13-14H2,1-6H3. The van der Waals surface area contributed by atoms with E-state index in [1.807, 2.05) is 25.7 Å². The quantitative estimate of drug-likeness (QED) is 0.877. The van der Waals surface area contributed by atoms with Gasteiger partial charge in [0.1, 0.15) is 5.60 Å². The Balaban J connectivity index is 1.98. The maximum atomic E-state index is 12.4. The third-order valence-electron chi connectivity index (χ3n) is 4.73. The largest absolute Gasteiger partial charge is 0.444 e. The first-order chi connectivity index (χ1) is 11.7. The molecule has 0 bridgehead atoms. The molecule has 1 amide bonds. The topological polar surface area (TPSA) is 41.6 Å². The summed E-state index contributed by atoms with van der Waals surface area (Å²) >= 11 is 0. The molecule has 0 saturated carbocycles. The van der Waals surface area contributed by atoms with E-state index in [0.29, 0.717) is 6.04 Å². The van der Waals surface area contributed by atoms with Gasteiger partial charge in [-0.3, -0.25) is 0 Å². The molecule has 0 aromatic heterocycles. The Hall–Kier alpha value is -1.55. The number of ether oxygens (including phenoxy) is 1. The van der Waals surface area contributed by atoms with Crippen LogP contribution in [0.25, 0.3) is 0 Å². The molecule has 1 atom stereocenters. The van der Waals surface area contributed by atoms with Gasteiger partial charge < -0.3 is 15.0 Å². The Labute approximate surface area is 152 Å². The van der Waals surface area contributed by atoms with E-state index in [1.165, 1.54) is 22.3 Å². The predicted molar refractivity (Wildman–Crippen MR) is 103 cm³/mol. The summed E-state index contributed by atoms with van der Waals surface area (Å²) in [4.78, 5) is 14.3. The van der Waals surface area contributed by atoms with Gasteiger partial charge in [0.2, 0.25) is 0 Å². The first-order valence-electron chi connectivity index (χ1n) is 9.44. The van der Waals surface area contributed by atoms with Crippen molar-refractivity contribution in [2.45, 2.75) is 79.0 Å². The molecule has 1 saturated heterocycles. The van der Waals surface area contributed by atoms with Gasteiger partial charge in [-0.05, 0) is 71.1 Å². The highest BCUT2D eigenvalue weighted by atomic mass is 16.6. The smallest absolute Gasteiger partial charge is 0.410 e. The number of aryl methyl sites for hydroxylation is 3. The fraction of sp³-hybridized carbons (Fsp3) is 0.667. The van der Waals surface area contributed by atoms with Gasteiger partial charge >= 0.3 is 6.09 Å². The maximum absolute atomic E-state index is 12.4. The van der Waals surface area contributed by atoms with E-state index in [0.717, 1.165) is 38.9 Å². The molecule has 4 heteroatoms. The normalized spacial score (nSPS) is 18.8. The molecule has 1 fully saturated rings. The zero-order valence-corrected chi connectivity index (χ0v) is 16.7. The number of rotatable bonds is 3. The van der Waals surface area contributed by atoms with Crippen molar-refractivity contribution in [3.63, 3.8) is 0 Å². The van der Waals surface area contributed by atoms with Crippen LogP contribution in [0.5, 0.6) is 0 Å². The highest BCUT2D eigenvalue weighted by molar-refractivity contribution is 5.68. The number of nitrogens with zero attached hydrogens (tertiary/aromatic N) is 1. The average molecular weight is 347 g/mol. The highest BCUT2D eigenvalue weighted by Crippen LogP contribution is 2.19. The number of nitrogens with one attached hydrogen (secondary N) is 1. The molecule has 0 aliphatic carbocycles. The molecule has 1 heterocycles. The van der Waals surface area contributed by atoms with Crippen LogP contribution in [0, 0.1) is 20.8 Å². The SMILES string of the molecule is Cc1cc(C)c(CNC2CCCCN(C(=O)OC(C)(C)C)C2)c(C)c1. The Bertz CT molecular complexity index is 581. The molecule has 140 valence electrons. The lowest BCUT2D eigenvalue weighted by atomic mass is 9.99. The first-order valence-corrected chi connectivity index (χ1v) is 9.44. The molecule has 25 heavy (non-hydrogen) atoms. The van der Waals surface area contributed by atoms with Crippen LogP contribution in [0.1, 0.15) is 62.3 Å². The Morgan fingerprint density at radius 3 is 2.44 bits per heavy atom. The monoisotopic (exact) mass is 346 g/mol. The summed E-state index contributed by atoms with van der Waals surface area (Å²) in [7, 11) is 0. The van der Waals surface area contributed by atoms with E-state index in [-0.39, 0.29) is 6.09 Å². The van der Waals surface area contributed by atoms with Gasteiger partial charge in [-0.2, -0.15) is 0 Å². The maximum Gasteiger partial charge on any atom is 0.410 e. The Kier molecular flexibility index (Phi) is 6.50. The fourth-order valence-corrected chi connectivity index (χ4v) is 3.54. The minimum atomic E-state index is -0.442. The van der Waals surface area contributed by atoms with Crippen molar-refractivity contribution in [1.29, 1.82) is 0 Å². The van der Waals surface area contributed by atoms with Crippen LogP contribution in [0.3, 0.4) is 0 Å². The van der Waals surface area contributed by atoms with Gasteiger partial charge in [0.05, 0.1) is 0 Å². The van der Waals surface area contributed by atoms with Crippen molar-refractivity contribution in [3.05, 3.63) is 34.4 Å². The van der Waals surface area contributed by atoms with Crippen LogP contribution < -0.4 is 5.32 Å². The molecule has 1 aromatic rings. The molecule has 0 spiro atoms. The molecular formula is C21H34N2O2. The van der Waals surface area contributed by atoms with Crippen molar-refractivity contribution >= 4 is 6.09 Å². The van der Waals surface area contributed by atoms with Crippen molar-refractivity contribution in [1.82, 2.24) is 10.2 Å².